The van der Waals surface area contributed by atoms with Crippen LogP contribution in [-0.2, 0) is 9.53 Å². The van der Waals surface area contributed by atoms with E-state index in [0.717, 1.165) is 19.3 Å². The van der Waals surface area contributed by atoms with Gasteiger partial charge in [-0.25, -0.2) is 9.59 Å². The first-order valence-corrected chi connectivity index (χ1v) is 7.60. The molecule has 0 radical (unpaired) electrons. The molecule has 0 aromatic rings. The molecule has 120 valence electrons. The van der Waals surface area contributed by atoms with Crippen LogP contribution >= 0.6 is 0 Å². The van der Waals surface area contributed by atoms with Crippen molar-refractivity contribution < 1.29 is 19.4 Å². The van der Waals surface area contributed by atoms with Gasteiger partial charge in [0.1, 0.15) is 6.04 Å². The lowest BCUT2D eigenvalue weighted by atomic mass is 9.76. The highest BCUT2D eigenvalue weighted by Gasteiger charge is 2.46. The standard InChI is InChI=1S/C15H26N2O4/c1-10-15(4,7-9-21-10)16-13(20)17-8-5-6-14(2,3)11(17)12(18)19/h10-11H,5-9H2,1-4H3,(H,16,20)(H,18,19). The number of urea groups is 1. The van der Waals surface area contributed by atoms with E-state index in [1.807, 2.05) is 27.7 Å². The number of amides is 2. The molecule has 2 fully saturated rings. The van der Waals surface area contributed by atoms with E-state index in [1.54, 1.807) is 0 Å². The van der Waals surface area contributed by atoms with E-state index in [0.29, 0.717) is 13.2 Å². The average molecular weight is 298 g/mol. The molecule has 0 aromatic heterocycles. The maximum absolute atomic E-state index is 12.6. The maximum Gasteiger partial charge on any atom is 0.327 e. The van der Waals surface area contributed by atoms with Gasteiger partial charge in [-0.1, -0.05) is 13.8 Å². The molecule has 2 aliphatic heterocycles. The minimum absolute atomic E-state index is 0.0671. The summed E-state index contributed by atoms with van der Waals surface area (Å²) in [6.45, 7) is 8.81. The molecule has 0 spiro atoms. The summed E-state index contributed by atoms with van der Waals surface area (Å²) in [6, 6.07) is -1.08. The minimum Gasteiger partial charge on any atom is -0.480 e. The molecule has 2 saturated heterocycles. The SMILES string of the molecule is CC1OCCC1(C)NC(=O)N1CCCC(C)(C)C1C(=O)O. The Morgan fingerprint density at radius 1 is 1.29 bits per heavy atom. The molecule has 0 bridgehead atoms. The lowest BCUT2D eigenvalue weighted by Gasteiger charge is -2.45. The Bertz CT molecular complexity index is 437. The number of hydrogen-bond donors (Lipinski definition) is 2. The molecule has 2 N–H and O–H groups in total. The van der Waals surface area contributed by atoms with Crippen molar-refractivity contribution in [1.82, 2.24) is 10.2 Å². The van der Waals surface area contributed by atoms with Gasteiger partial charge in [0.05, 0.1) is 11.6 Å². The van der Waals surface area contributed by atoms with Gasteiger partial charge in [0.15, 0.2) is 0 Å². The molecule has 6 nitrogen and oxygen atoms in total. The molecule has 2 heterocycles. The van der Waals surface area contributed by atoms with Gasteiger partial charge in [-0.3, -0.25) is 0 Å². The van der Waals surface area contributed by atoms with Crippen LogP contribution in [0.3, 0.4) is 0 Å². The van der Waals surface area contributed by atoms with Crippen molar-refractivity contribution in [2.45, 2.75) is 64.6 Å². The highest BCUT2D eigenvalue weighted by atomic mass is 16.5. The van der Waals surface area contributed by atoms with Crippen molar-refractivity contribution in [3.8, 4) is 0 Å². The van der Waals surface area contributed by atoms with E-state index in [2.05, 4.69) is 5.32 Å². The van der Waals surface area contributed by atoms with Crippen molar-refractivity contribution in [2.24, 2.45) is 5.41 Å². The summed E-state index contributed by atoms with van der Waals surface area (Å²) >= 11 is 0. The van der Waals surface area contributed by atoms with Crippen molar-refractivity contribution in [1.29, 1.82) is 0 Å². The zero-order valence-corrected chi connectivity index (χ0v) is 13.3. The number of nitrogens with one attached hydrogen (secondary N) is 1. The van der Waals surface area contributed by atoms with Gasteiger partial charge in [0.25, 0.3) is 0 Å². The van der Waals surface area contributed by atoms with Gasteiger partial charge in [-0.05, 0) is 38.5 Å². The van der Waals surface area contributed by atoms with Crippen molar-refractivity contribution >= 4 is 12.0 Å². The van der Waals surface area contributed by atoms with Gasteiger partial charge in [-0.2, -0.15) is 0 Å². The molecule has 0 aliphatic carbocycles. The molecule has 2 aliphatic rings. The Kier molecular flexibility index (Phi) is 4.19. The van der Waals surface area contributed by atoms with Crippen LogP contribution in [0.25, 0.3) is 0 Å². The number of ether oxygens (including phenoxy) is 1. The molecular weight excluding hydrogens is 272 g/mol. The van der Waals surface area contributed by atoms with Gasteiger partial charge in [0, 0.05) is 13.2 Å². The molecule has 0 aromatic carbocycles. The summed E-state index contributed by atoms with van der Waals surface area (Å²) < 4.78 is 5.52. The number of carbonyl (C=O) groups excluding carboxylic acids is 1. The predicted molar refractivity (Wildman–Crippen MR) is 78.1 cm³/mol. The molecule has 2 amide bonds. The normalized spacial score (nSPS) is 35.5. The van der Waals surface area contributed by atoms with E-state index >= 15 is 0 Å². The van der Waals surface area contributed by atoms with Crippen LogP contribution in [0.5, 0.6) is 0 Å². The third-order valence-electron chi connectivity index (χ3n) is 5.05. The summed E-state index contributed by atoms with van der Waals surface area (Å²) in [5.41, 5.74) is -0.845. The lowest BCUT2D eigenvalue weighted by Crippen LogP contribution is -2.62. The second kappa shape index (κ2) is 5.48. The predicted octanol–water partition coefficient (Wildman–Crippen LogP) is 1.84. The smallest absolute Gasteiger partial charge is 0.327 e. The van der Waals surface area contributed by atoms with Crippen LogP contribution in [-0.4, -0.2) is 52.8 Å². The fourth-order valence-corrected chi connectivity index (χ4v) is 3.39. The fraction of sp³-hybridized carbons (Fsp3) is 0.867. The van der Waals surface area contributed by atoms with Crippen LogP contribution in [0.2, 0.25) is 0 Å². The lowest BCUT2D eigenvalue weighted by molar-refractivity contribution is -0.148. The summed E-state index contributed by atoms with van der Waals surface area (Å²) in [7, 11) is 0. The van der Waals surface area contributed by atoms with Crippen LogP contribution in [0.4, 0.5) is 4.79 Å². The van der Waals surface area contributed by atoms with Gasteiger partial charge in [0.2, 0.25) is 0 Å². The molecule has 0 saturated carbocycles. The number of carbonyl (C=O) groups is 2. The van der Waals surface area contributed by atoms with E-state index in [1.165, 1.54) is 4.90 Å². The first-order chi connectivity index (χ1) is 9.67. The van der Waals surface area contributed by atoms with E-state index in [-0.39, 0.29) is 12.1 Å². The summed E-state index contributed by atoms with van der Waals surface area (Å²) in [5, 5.41) is 12.5. The third-order valence-corrected chi connectivity index (χ3v) is 5.05. The molecule has 3 unspecified atom stereocenters. The van der Waals surface area contributed by atoms with Crippen LogP contribution in [0.15, 0.2) is 0 Å². The summed E-state index contributed by atoms with van der Waals surface area (Å²) in [5.74, 6) is -0.935. The van der Waals surface area contributed by atoms with Crippen LogP contribution in [0, 0.1) is 5.41 Å². The maximum atomic E-state index is 12.6. The Morgan fingerprint density at radius 2 is 1.95 bits per heavy atom. The summed E-state index contributed by atoms with van der Waals surface area (Å²) in [4.78, 5) is 25.7. The summed E-state index contributed by atoms with van der Waals surface area (Å²) in [6.07, 6.45) is 2.31. The minimum atomic E-state index is -0.935. The quantitative estimate of drug-likeness (QED) is 0.815. The second-order valence-corrected chi connectivity index (χ2v) is 7.14. The van der Waals surface area contributed by atoms with Crippen LogP contribution in [0.1, 0.15) is 47.0 Å². The first-order valence-electron chi connectivity index (χ1n) is 7.60. The highest BCUT2D eigenvalue weighted by molar-refractivity contribution is 5.84. The van der Waals surface area contributed by atoms with E-state index in [4.69, 9.17) is 4.74 Å². The molecule has 21 heavy (non-hydrogen) atoms. The number of piperidine rings is 1. The number of carboxylic acid groups (broad SMARTS) is 1. The Hall–Kier alpha value is -1.30. The fourth-order valence-electron chi connectivity index (χ4n) is 3.39. The zero-order valence-electron chi connectivity index (χ0n) is 13.3. The Labute approximate surface area is 125 Å². The van der Waals surface area contributed by atoms with Gasteiger partial charge in [-0.15, -0.1) is 0 Å². The van der Waals surface area contributed by atoms with E-state index < -0.39 is 23.0 Å². The van der Waals surface area contributed by atoms with Crippen LogP contribution < -0.4 is 5.32 Å². The highest BCUT2D eigenvalue weighted by Crippen LogP contribution is 2.36. The zero-order chi connectivity index (χ0) is 15.8. The first kappa shape index (κ1) is 16.1. The number of likely N-dealkylation sites (tertiary alicyclic amines) is 1. The van der Waals surface area contributed by atoms with Gasteiger partial charge < -0.3 is 20.1 Å². The number of rotatable bonds is 2. The number of hydrogen-bond acceptors (Lipinski definition) is 3. The average Bonchev–Trinajstić information content (AvgIpc) is 2.67. The monoisotopic (exact) mass is 298 g/mol. The molecular formula is C15H26N2O4. The van der Waals surface area contributed by atoms with Gasteiger partial charge >= 0.3 is 12.0 Å². The van der Waals surface area contributed by atoms with Crippen molar-refractivity contribution in [3.05, 3.63) is 0 Å². The van der Waals surface area contributed by atoms with Crippen molar-refractivity contribution in [2.75, 3.05) is 13.2 Å². The van der Waals surface area contributed by atoms with E-state index in [9.17, 15) is 14.7 Å². The number of carboxylic acids is 1. The largest absolute Gasteiger partial charge is 0.480 e. The number of nitrogens with zero attached hydrogens (tertiary/aromatic N) is 1. The molecule has 3 atom stereocenters. The molecule has 6 heteroatoms. The number of aliphatic carboxylic acids is 1. The molecule has 2 rings (SSSR count). The second-order valence-electron chi connectivity index (χ2n) is 7.14. The Balaban J connectivity index is 2.15. The van der Waals surface area contributed by atoms with Crippen molar-refractivity contribution in [3.63, 3.8) is 0 Å². The topological polar surface area (TPSA) is 78.9 Å². The Morgan fingerprint density at radius 3 is 2.48 bits per heavy atom. The third kappa shape index (κ3) is 3.00.